The average Bonchev–Trinajstić information content (AvgIpc) is 2.48. The van der Waals surface area contributed by atoms with Gasteiger partial charge in [0.15, 0.2) is 0 Å². The van der Waals surface area contributed by atoms with Gasteiger partial charge in [0.2, 0.25) is 0 Å². The van der Waals surface area contributed by atoms with Crippen molar-refractivity contribution in [2.45, 2.75) is 12.7 Å². The lowest BCUT2D eigenvalue weighted by molar-refractivity contribution is 0.110. The van der Waals surface area contributed by atoms with E-state index in [2.05, 4.69) is 0 Å². The molecule has 2 aromatic rings. The highest BCUT2D eigenvalue weighted by Crippen LogP contribution is 2.21. The molecule has 0 bridgehead atoms. The first-order chi connectivity index (χ1) is 9.33. The van der Waals surface area contributed by atoms with Crippen LogP contribution in [0.15, 0.2) is 54.6 Å². The molecule has 2 rings (SSSR count). The Morgan fingerprint density at radius 2 is 1.84 bits per heavy atom. The van der Waals surface area contributed by atoms with E-state index in [0.29, 0.717) is 13.2 Å². The summed E-state index contributed by atoms with van der Waals surface area (Å²) in [6, 6.07) is 18.0. The smallest absolute Gasteiger partial charge is 0.120 e. The van der Waals surface area contributed by atoms with Gasteiger partial charge in [-0.1, -0.05) is 42.5 Å². The Balaban J connectivity index is 2.03. The average molecular weight is 257 g/mol. The molecule has 1 atom stereocenters. The van der Waals surface area contributed by atoms with Gasteiger partial charge in [-0.15, -0.1) is 0 Å². The summed E-state index contributed by atoms with van der Waals surface area (Å²) < 4.78 is 11.1. The highest BCUT2D eigenvalue weighted by Gasteiger charge is 2.08. The third-order valence-electron chi connectivity index (χ3n) is 2.98. The number of hydrogen-bond donors (Lipinski definition) is 1. The fourth-order valence-electron chi connectivity index (χ4n) is 1.91. The van der Waals surface area contributed by atoms with E-state index < -0.39 is 0 Å². The minimum absolute atomic E-state index is 0.0831. The van der Waals surface area contributed by atoms with E-state index in [1.165, 1.54) is 0 Å². The van der Waals surface area contributed by atoms with Crippen LogP contribution in [0.25, 0.3) is 0 Å². The van der Waals surface area contributed by atoms with Gasteiger partial charge in [0, 0.05) is 13.7 Å². The van der Waals surface area contributed by atoms with Crippen molar-refractivity contribution in [1.82, 2.24) is 0 Å². The molecule has 1 unspecified atom stereocenters. The van der Waals surface area contributed by atoms with E-state index in [4.69, 9.17) is 15.2 Å². The minimum Gasteiger partial charge on any atom is -0.489 e. The van der Waals surface area contributed by atoms with Crippen LogP contribution in [-0.2, 0) is 11.3 Å². The maximum absolute atomic E-state index is 5.78. The van der Waals surface area contributed by atoms with Crippen molar-refractivity contribution < 1.29 is 9.47 Å². The van der Waals surface area contributed by atoms with Crippen LogP contribution >= 0.6 is 0 Å². The maximum Gasteiger partial charge on any atom is 0.120 e. The van der Waals surface area contributed by atoms with Crippen LogP contribution in [0.5, 0.6) is 5.75 Å². The zero-order valence-electron chi connectivity index (χ0n) is 11.1. The van der Waals surface area contributed by atoms with Gasteiger partial charge < -0.3 is 15.2 Å². The Hall–Kier alpha value is -1.84. The highest BCUT2D eigenvalue weighted by molar-refractivity contribution is 5.30. The summed E-state index contributed by atoms with van der Waals surface area (Å²) in [7, 11) is 1.66. The Morgan fingerprint density at radius 3 is 2.53 bits per heavy atom. The van der Waals surface area contributed by atoms with Crippen molar-refractivity contribution in [3.8, 4) is 5.75 Å². The quantitative estimate of drug-likeness (QED) is 0.865. The zero-order chi connectivity index (χ0) is 13.5. The van der Waals surface area contributed by atoms with Gasteiger partial charge in [0.25, 0.3) is 0 Å². The lowest BCUT2D eigenvalue weighted by Crippen LogP contribution is -2.14. The second kappa shape index (κ2) is 6.92. The molecule has 3 heteroatoms. The third kappa shape index (κ3) is 3.81. The molecule has 100 valence electrons. The fraction of sp³-hybridized carbons (Fsp3) is 0.250. The normalized spacial score (nSPS) is 12.1. The molecule has 0 aliphatic carbocycles. The van der Waals surface area contributed by atoms with Gasteiger partial charge in [-0.05, 0) is 23.3 Å². The maximum atomic E-state index is 5.78. The molecule has 0 fully saturated rings. The molecular weight excluding hydrogens is 238 g/mol. The largest absolute Gasteiger partial charge is 0.489 e. The van der Waals surface area contributed by atoms with Crippen molar-refractivity contribution in [3.05, 3.63) is 65.7 Å². The molecule has 0 spiro atoms. The van der Waals surface area contributed by atoms with Gasteiger partial charge in [0.05, 0.1) is 6.10 Å². The van der Waals surface area contributed by atoms with Crippen LogP contribution in [0.3, 0.4) is 0 Å². The predicted octanol–water partition coefficient (Wildman–Crippen LogP) is 2.91. The Morgan fingerprint density at radius 1 is 1.05 bits per heavy atom. The molecule has 0 radical (unpaired) electrons. The lowest BCUT2D eigenvalue weighted by atomic mass is 10.1. The van der Waals surface area contributed by atoms with E-state index in [0.717, 1.165) is 16.9 Å². The van der Waals surface area contributed by atoms with E-state index in [1.807, 2.05) is 54.6 Å². The first-order valence-electron chi connectivity index (χ1n) is 6.33. The molecule has 0 saturated heterocycles. The number of methoxy groups -OCH3 is 1. The zero-order valence-corrected chi connectivity index (χ0v) is 11.1. The first kappa shape index (κ1) is 13.6. The van der Waals surface area contributed by atoms with Crippen molar-refractivity contribution in [2.24, 2.45) is 5.73 Å². The molecular formula is C16H19NO2. The number of benzene rings is 2. The number of hydrogen-bond acceptors (Lipinski definition) is 3. The number of nitrogens with two attached hydrogens (primary N) is 1. The summed E-state index contributed by atoms with van der Waals surface area (Å²) in [5.41, 5.74) is 7.85. The first-order valence-corrected chi connectivity index (χ1v) is 6.33. The fourth-order valence-corrected chi connectivity index (χ4v) is 1.91. The molecule has 0 aliphatic heterocycles. The minimum atomic E-state index is -0.0831. The standard InChI is InChI=1S/C16H19NO2/c1-18-16(11-17)14-8-5-9-15(10-14)19-12-13-6-3-2-4-7-13/h2-10,16H,11-12,17H2,1H3. The van der Waals surface area contributed by atoms with E-state index in [1.54, 1.807) is 7.11 Å². The van der Waals surface area contributed by atoms with Crippen LogP contribution in [0.2, 0.25) is 0 Å². The summed E-state index contributed by atoms with van der Waals surface area (Å²) >= 11 is 0. The Labute approximate surface area is 114 Å². The number of ether oxygens (including phenoxy) is 2. The Bertz CT molecular complexity index is 495. The molecule has 0 heterocycles. The van der Waals surface area contributed by atoms with Gasteiger partial charge in [-0.3, -0.25) is 0 Å². The van der Waals surface area contributed by atoms with Crippen LogP contribution in [-0.4, -0.2) is 13.7 Å². The van der Waals surface area contributed by atoms with E-state index in [9.17, 15) is 0 Å². The van der Waals surface area contributed by atoms with E-state index >= 15 is 0 Å². The van der Waals surface area contributed by atoms with Gasteiger partial charge in [-0.2, -0.15) is 0 Å². The second-order valence-electron chi connectivity index (χ2n) is 4.31. The summed E-state index contributed by atoms with van der Waals surface area (Å²) in [5.74, 6) is 0.830. The summed E-state index contributed by atoms with van der Waals surface area (Å²) in [6.45, 7) is 1.02. The van der Waals surface area contributed by atoms with Gasteiger partial charge >= 0.3 is 0 Å². The van der Waals surface area contributed by atoms with Crippen LogP contribution in [0, 0.1) is 0 Å². The monoisotopic (exact) mass is 257 g/mol. The molecule has 0 aliphatic rings. The molecule has 19 heavy (non-hydrogen) atoms. The van der Waals surface area contributed by atoms with Crippen molar-refractivity contribution in [3.63, 3.8) is 0 Å². The van der Waals surface area contributed by atoms with Crippen molar-refractivity contribution in [1.29, 1.82) is 0 Å². The second-order valence-corrected chi connectivity index (χ2v) is 4.31. The van der Waals surface area contributed by atoms with Crippen molar-refractivity contribution >= 4 is 0 Å². The van der Waals surface area contributed by atoms with Gasteiger partial charge in [-0.25, -0.2) is 0 Å². The van der Waals surface area contributed by atoms with Gasteiger partial charge in [0.1, 0.15) is 12.4 Å². The van der Waals surface area contributed by atoms with Crippen LogP contribution in [0.4, 0.5) is 0 Å². The third-order valence-corrected chi connectivity index (χ3v) is 2.98. The molecule has 0 aromatic heterocycles. The van der Waals surface area contributed by atoms with Crippen molar-refractivity contribution in [2.75, 3.05) is 13.7 Å². The van der Waals surface area contributed by atoms with Crippen LogP contribution in [0.1, 0.15) is 17.2 Å². The number of rotatable bonds is 6. The predicted molar refractivity (Wildman–Crippen MR) is 76.0 cm³/mol. The lowest BCUT2D eigenvalue weighted by Gasteiger charge is -2.14. The summed E-state index contributed by atoms with van der Waals surface area (Å²) in [4.78, 5) is 0. The topological polar surface area (TPSA) is 44.5 Å². The molecule has 3 nitrogen and oxygen atoms in total. The Kier molecular flexibility index (Phi) is 4.95. The SMILES string of the molecule is COC(CN)c1cccc(OCc2ccccc2)c1. The highest BCUT2D eigenvalue weighted by atomic mass is 16.5. The molecule has 0 saturated carbocycles. The molecule has 2 aromatic carbocycles. The summed E-state index contributed by atoms with van der Waals surface area (Å²) in [6.07, 6.45) is -0.0831. The van der Waals surface area contributed by atoms with Crippen LogP contribution < -0.4 is 10.5 Å². The van der Waals surface area contributed by atoms with E-state index in [-0.39, 0.29) is 6.10 Å². The molecule has 2 N–H and O–H groups in total. The summed E-state index contributed by atoms with van der Waals surface area (Å²) in [5, 5.41) is 0. The molecule has 0 amide bonds.